The van der Waals surface area contributed by atoms with Crippen LogP contribution in [0.25, 0.3) is 0 Å². The number of carbonyl (C=O) groups is 2. The lowest BCUT2D eigenvalue weighted by Crippen LogP contribution is -2.37. The molecule has 1 fully saturated rings. The van der Waals surface area contributed by atoms with Crippen LogP contribution in [-0.4, -0.2) is 29.9 Å². The summed E-state index contributed by atoms with van der Waals surface area (Å²) in [5.74, 6) is 0.760. The standard InChI is InChI=1S/C23H26N2O3/c1-28-19-12-10-16(11-13-19)21(14-22(26)24-18-7-3-4-8-18)25-15-17-6-2-5-9-20(17)23(25)27/h2,5-6,9-13,18,21H,3-4,7-8,14-15H2,1H3,(H,24,26)/t21-/m1/s1. The lowest BCUT2D eigenvalue weighted by molar-refractivity contribution is -0.122. The minimum absolute atomic E-state index is 0.00918. The highest BCUT2D eigenvalue weighted by molar-refractivity contribution is 5.98. The van der Waals surface area contributed by atoms with E-state index in [0.717, 1.165) is 35.3 Å². The van der Waals surface area contributed by atoms with E-state index in [2.05, 4.69) is 5.32 Å². The number of fused-ring (bicyclic) bond motifs is 1. The van der Waals surface area contributed by atoms with Gasteiger partial charge in [0.1, 0.15) is 5.75 Å². The van der Waals surface area contributed by atoms with E-state index in [1.165, 1.54) is 12.8 Å². The third kappa shape index (κ3) is 3.75. The van der Waals surface area contributed by atoms with Gasteiger partial charge in [-0.3, -0.25) is 9.59 Å². The molecule has 1 saturated carbocycles. The van der Waals surface area contributed by atoms with Gasteiger partial charge in [0.15, 0.2) is 0 Å². The van der Waals surface area contributed by atoms with Crippen molar-refractivity contribution in [2.45, 2.75) is 50.7 Å². The normalized spacial score (nSPS) is 17.5. The first kappa shape index (κ1) is 18.5. The summed E-state index contributed by atoms with van der Waals surface area (Å²) in [6.07, 6.45) is 4.71. The van der Waals surface area contributed by atoms with Crippen LogP contribution in [0.15, 0.2) is 48.5 Å². The second kappa shape index (κ2) is 8.05. The number of ether oxygens (including phenoxy) is 1. The summed E-state index contributed by atoms with van der Waals surface area (Å²) in [6.45, 7) is 0.530. The zero-order chi connectivity index (χ0) is 19.5. The molecule has 1 heterocycles. The van der Waals surface area contributed by atoms with Gasteiger partial charge in [-0.25, -0.2) is 0 Å². The molecule has 0 spiro atoms. The van der Waals surface area contributed by atoms with Gasteiger partial charge in [0.25, 0.3) is 5.91 Å². The molecule has 5 nitrogen and oxygen atoms in total. The molecule has 146 valence electrons. The Kier molecular flexibility index (Phi) is 5.33. The fraction of sp³-hybridized carbons (Fsp3) is 0.391. The molecule has 0 bridgehead atoms. The Morgan fingerprint density at radius 3 is 2.54 bits per heavy atom. The Morgan fingerprint density at radius 2 is 1.86 bits per heavy atom. The van der Waals surface area contributed by atoms with Crippen molar-refractivity contribution in [2.75, 3.05) is 7.11 Å². The highest BCUT2D eigenvalue weighted by atomic mass is 16.5. The SMILES string of the molecule is COc1ccc([C@@H](CC(=O)NC2CCCC2)N2Cc3ccccc3C2=O)cc1. The van der Waals surface area contributed by atoms with E-state index >= 15 is 0 Å². The van der Waals surface area contributed by atoms with Gasteiger partial charge in [-0.15, -0.1) is 0 Å². The van der Waals surface area contributed by atoms with E-state index in [1.54, 1.807) is 7.11 Å². The Hall–Kier alpha value is -2.82. The topological polar surface area (TPSA) is 58.6 Å². The van der Waals surface area contributed by atoms with Crippen LogP contribution in [0.2, 0.25) is 0 Å². The van der Waals surface area contributed by atoms with Crippen LogP contribution in [0.3, 0.4) is 0 Å². The van der Waals surface area contributed by atoms with Crippen LogP contribution in [0, 0.1) is 0 Å². The smallest absolute Gasteiger partial charge is 0.255 e. The van der Waals surface area contributed by atoms with E-state index in [4.69, 9.17) is 4.74 Å². The number of nitrogens with one attached hydrogen (secondary N) is 1. The number of hydrogen-bond donors (Lipinski definition) is 1. The van der Waals surface area contributed by atoms with Crippen LogP contribution < -0.4 is 10.1 Å². The van der Waals surface area contributed by atoms with Crippen LogP contribution >= 0.6 is 0 Å². The molecular weight excluding hydrogens is 352 g/mol. The molecule has 0 aromatic heterocycles. The van der Waals surface area contributed by atoms with Gasteiger partial charge in [0, 0.05) is 18.2 Å². The summed E-state index contributed by atoms with van der Waals surface area (Å²) in [4.78, 5) is 27.6. The Bertz CT molecular complexity index is 856. The van der Waals surface area contributed by atoms with Crippen molar-refractivity contribution in [3.63, 3.8) is 0 Å². The minimum Gasteiger partial charge on any atom is -0.497 e. The summed E-state index contributed by atoms with van der Waals surface area (Å²) in [5, 5.41) is 3.16. The first-order valence-corrected chi connectivity index (χ1v) is 9.98. The molecule has 2 aromatic rings. The molecule has 0 saturated heterocycles. The first-order chi connectivity index (χ1) is 13.7. The fourth-order valence-electron chi connectivity index (χ4n) is 4.29. The lowest BCUT2D eigenvalue weighted by Gasteiger charge is -2.28. The average Bonchev–Trinajstić information content (AvgIpc) is 3.34. The van der Waals surface area contributed by atoms with Crippen LogP contribution in [-0.2, 0) is 11.3 Å². The first-order valence-electron chi connectivity index (χ1n) is 9.98. The van der Waals surface area contributed by atoms with Gasteiger partial charge in [-0.05, 0) is 42.2 Å². The monoisotopic (exact) mass is 378 g/mol. The van der Waals surface area contributed by atoms with Crippen molar-refractivity contribution in [1.29, 1.82) is 0 Å². The third-order valence-corrected chi connectivity index (χ3v) is 5.83. The minimum atomic E-state index is -0.299. The maximum atomic E-state index is 13.0. The Labute approximate surface area is 165 Å². The Morgan fingerprint density at radius 1 is 1.14 bits per heavy atom. The molecule has 28 heavy (non-hydrogen) atoms. The van der Waals surface area contributed by atoms with E-state index < -0.39 is 0 Å². The number of amides is 2. The van der Waals surface area contributed by atoms with E-state index in [1.807, 2.05) is 53.4 Å². The Balaban J connectivity index is 1.58. The highest BCUT2D eigenvalue weighted by Crippen LogP contribution is 2.34. The largest absolute Gasteiger partial charge is 0.497 e. The maximum absolute atomic E-state index is 13.0. The third-order valence-electron chi connectivity index (χ3n) is 5.83. The van der Waals surface area contributed by atoms with Gasteiger partial charge in [-0.1, -0.05) is 43.2 Å². The van der Waals surface area contributed by atoms with E-state index in [9.17, 15) is 9.59 Å². The molecule has 1 atom stereocenters. The molecule has 0 unspecified atom stereocenters. The second-order valence-electron chi connectivity index (χ2n) is 7.63. The fourth-order valence-corrected chi connectivity index (χ4v) is 4.29. The zero-order valence-electron chi connectivity index (χ0n) is 16.2. The number of methoxy groups -OCH3 is 1. The van der Waals surface area contributed by atoms with Crippen LogP contribution in [0.4, 0.5) is 0 Å². The van der Waals surface area contributed by atoms with Crippen molar-refractivity contribution < 1.29 is 14.3 Å². The number of hydrogen-bond acceptors (Lipinski definition) is 3. The summed E-state index contributed by atoms with van der Waals surface area (Å²) in [5.41, 5.74) is 2.70. The van der Waals surface area contributed by atoms with Crippen molar-refractivity contribution in [2.24, 2.45) is 0 Å². The van der Waals surface area contributed by atoms with Crippen molar-refractivity contribution >= 4 is 11.8 Å². The van der Waals surface area contributed by atoms with Gasteiger partial charge >= 0.3 is 0 Å². The summed E-state index contributed by atoms with van der Waals surface area (Å²) in [6, 6.07) is 15.3. The predicted octanol–water partition coefficient (Wildman–Crippen LogP) is 3.84. The van der Waals surface area contributed by atoms with Crippen LogP contribution in [0.5, 0.6) is 5.75 Å². The molecule has 2 aromatic carbocycles. The van der Waals surface area contributed by atoms with Crippen molar-refractivity contribution in [1.82, 2.24) is 10.2 Å². The summed E-state index contributed by atoms with van der Waals surface area (Å²) in [7, 11) is 1.63. The second-order valence-corrected chi connectivity index (χ2v) is 7.63. The molecule has 4 rings (SSSR count). The van der Waals surface area contributed by atoms with Gasteiger partial charge < -0.3 is 15.0 Å². The van der Waals surface area contributed by atoms with E-state index in [-0.39, 0.29) is 30.3 Å². The van der Waals surface area contributed by atoms with E-state index in [0.29, 0.717) is 6.54 Å². The summed E-state index contributed by atoms with van der Waals surface area (Å²) < 4.78 is 5.26. The molecule has 1 aliphatic heterocycles. The predicted molar refractivity (Wildman–Crippen MR) is 107 cm³/mol. The molecule has 1 aliphatic carbocycles. The maximum Gasteiger partial charge on any atom is 0.255 e. The quantitative estimate of drug-likeness (QED) is 0.831. The molecule has 1 N–H and O–H groups in total. The van der Waals surface area contributed by atoms with Gasteiger partial charge in [0.05, 0.1) is 19.6 Å². The average molecular weight is 378 g/mol. The number of carbonyl (C=O) groups excluding carboxylic acids is 2. The van der Waals surface area contributed by atoms with Gasteiger partial charge in [0.2, 0.25) is 5.91 Å². The number of benzene rings is 2. The van der Waals surface area contributed by atoms with Crippen molar-refractivity contribution in [3.05, 3.63) is 65.2 Å². The molecule has 2 amide bonds. The number of nitrogens with zero attached hydrogens (tertiary/aromatic N) is 1. The molecule has 0 radical (unpaired) electrons. The summed E-state index contributed by atoms with van der Waals surface area (Å²) >= 11 is 0. The van der Waals surface area contributed by atoms with Gasteiger partial charge in [-0.2, -0.15) is 0 Å². The molecule has 5 heteroatoms. The highest BCUT2D eigenvalue weighted by Gasteiger charge is 2.34. The lowest BCUT2D eigenvalue weighted by atomic mass is 10.0. The zero-order valence-corrected chi connectivity index (χ0v) is 16.2. The van der Waals surface area contributed by atoms with Crippen LogP contribution in [0.1, 0.15) is 59.6 Å². The molecular formula is C23H26N2O3. The van der Waals surface area contributed by atoms with Crippen molar-refractivity contribution in [3.8, 4) is 5.75 Å². The molecule has 2 aliphatic rings. The number of rotatable bonds is 6.